The second-order valence-corrected chi connectivity index (χ2v) is 13.6. The van der Waals surface area contributed by atoms with Gasteiger partial charge in [0, 0.05) is 29.8 Å². The van der Waals surface area contributed by atoms with Crippen LogP contribution in [0, 0.1) is 5.41 Å². The van der Waals surface area contributed by atoms with Crippen molar-refractivity contribution in [2.75, 3.05) is 30.9 Å². The van der Waals surface area contributed by atoms with Crippen LogP contribution in [0.2, 0.25) is 0 Å². The number of carbonyl (C=O) groups is 1. The van der Waals surface area contributed by atoms with E-state index in [1.165, 1.54) is 0 Å². The fourth-order valence-corrected chi connectivity index (χ4v) is 6.87. The van der Waals surface area contributed by atoms with Crippen LogP contribution >= 0.6 is 0 Å². The molecule has 1 aromatic heterocycles. The number of anilines is 1. The van der Waals surface area contributed by atoms with Crippen molar-refractivity contribution < 1.29 is 13.7 Å². The smallest absolute Gasteiger partial charge is 0.259 e. The molecule has 1 aliphatic heterocycles. The Kier molecular flexibility index (Phi) is 6.16. The maximum Gasteiger partial charge on any atom is 0.259 e. The number of hydrogen-bond acceptors (Lipinski definition) is 6. The molecule has 190 valence electrons. The number of carbonyl (C=O) groups excluding carboxylic acids is 1. The number of morpholine rings is 1. The fourth-order valence-electron chi connectivity index (χ4n) is 4.75. The van der Waals surface area contributed by atoms with Gasteiger partial charge in [-0.1, -0.05) is 63.2 Å². The predicted molar refractivity (Wildman–Crippen MR) is 144 cm³/mol. The van der Waals surface area contributed by atoms with E-state index in [-0.39, 0.29) is 11.9 Å². The molecule has 2 aliphatic rings. The Morgan fingerprint density at radius 2 is 1.86 bits per heavy atom. The maximum atomic E-state index is 14.1. The monoisotopic (exact) mass is 506 g/mol. The molecule has 2 atom stereocenters. The SMILES string of the molecule is CC1COCCN1c1cc(C2(S(C)(=O)=NC(=O)C(C)(C)C)CC2)nc(-c2cccc3ccccc23)n1. The Morgan fingerprint density at radius 3 is 2.56 bits per heavy atom. The summed E-state index contributed by atoms with van der Waals surface area (Å²) >= 11 is 0. The Bertz CT molecular complexity index is 1440. The van der Waals surface area contributed by atoms with Crippen molar-refractivity contribution >= 4 is 32.2 Å². The van der Waals surface area contributed by atoms with Crippen LogP contribution in [0.4, 0.5) is 5.82 Å². The van der Waals surface area contributed by atoms with E-state index < -0.39 is 19.9 Å². The highest BCUT2D eigenvalue weighted by Crippen LogP contribution is 2.53. The molecule has 0 bridgehead atoms. The van der Waals surface area contributed by atoms with Gasteiger partial charge < -0.3 is 9.64 Å². The van der Waals surface area contributed by atoms with Gasteiger partial charge in [0.15, 0.2) is 5.82 Å². The molecule has 1 saturated carbocycles. The van der Waals surface area contributed by atoms with Gasteiger partial charge in [-0.3, -0.25) is 4.79 Å². The summed E-state index contributed by atoms with van der Waals surface area (Å²) in [5.41, 5.74) is 0.938. The summed E-state index contributed by atoms with van der Waals surface area (Å²) in [6.45, 7) is 9.48. The first-order valence-electron chi connectivity index (χ1n) is 12.5. The molecule has 3 aromatic rings. The molecule has 2 unspecified atom stereocenters. The average molecular weight is 507 g/mol. The molecule has 2 fully saturated rings. The van der Waals surface area contributed by atoms with E-state index >= 15 is 0 Å². The second kappa shape index (κ2) is 8.92. The van der Waals surface area contributed by atoms with Gasteiger partial charge in [-0.15, -0.1) is 0 Å². The molecule has 2 aromatic carbocycles. The van der Waals surface area contributed by atoms with Crippen molar-refractivity contribution in [1.29, 1.82) is 0 Å². The third kappa shape index (κ3) is 4.41. The van der Waals surface area contributed by atoms with E-state index in [0.717, 1.165) is 22.2 Å². The zero-order valence-corrected chi connectivity index (χ0v) is 22.5. The molecule has 1 aliphatic carbocycles. The van der Waals surface area contributed by atoms with E-state index in [1.54, 1.807) is 27.0 Å². The summed E-state index contributed by atoms with van der Waals surface area (Å²) in [7, 11) is -2.89. The topological polar surface area (TPSA) is 84.8 Å². The zero-order valence-electron chi connectivity index (χ0n) is 21.7. The standard InChI is InChI=1S/C28H34N4O3S/c1-19-18-35-16-15-32(19)24-17-23(28(13-14-28)36(5,34)31-26(33)27(2,3)4)29-25(30-24)22-12-8-10-20-9-6-7-11-21(20)22/h6-12,17,19H,13-16,18H2,1-5H3. The maximum absolute atomic E-state index is 14.1. The minimum Gasteiger partial charge on any atom is -0.377 e. The largest absolute Gasteiger partial charge is 0.377 e. The fraction of sp³-hybridized carbons (Fsp3) is 0.464. The first-order chi connectivity index (χ1) is 17.0. The van der Waals surface area contributed by atoms with E-state index in [1.807, 2.05) is 30.3 Å². The molecule has 1 amide bonds. The van der Waals surface area contributed by atoms with Crippen LogP contribution in [0.3, 0.4) is 0 Å². The molecule has 2 heterocycles. The Hall–Kier alpha value is -2.84. The molecular weight excluding hydrogens is 472 g/mol. The lowest BCUT2D eigenvalue weighted by Crippen LogP contribution is -2.44. The normalized spacial score (nSPS) is 21.1. The average Bonchev–Trinajstić information content (AvgIpc) is 3.66. The highest BCUT2D eigenvalue weighted by molar-refractivity contribution is 7.94. The summed E-state index contributed by atoms with van der Waals surface area (Å²) in [5.74, 6) is 1.05. The zero-order chi connectivity index (χ0) is 25.7. The van der Waals surface area contributed by atoms with Crippen LogP contribution in [0.15, 0.2) is 52.9 Å². The number of aromatic nitrogens is 2. The Labute approximate surface area is 213 Å². The van der Waals surface area contributed by atoms with Crippen LogP contribution in [0.25, 0.3) is 22.2 Å². The van der Waals surface area contributed by atoms with E-state index in [2.05, 4.69) is 34.4 Å². The van der Waals surface area contributed by atoms with Crippen molar-refractivity contribution in [3.8, 4) is 11.4 Å². The summed E-state index contributed by atoms with van der Waals surface area (Å²) in [4.78, 5) is 25.1. The third-order valence-corrected chi connectivity index (χ3v) is 9.78. The lowest BCUT2D eigenvalue weighted by Gasteiger charge is -2.35. The minimum atomic E-state index is -2.89. The number of fused-ring (bicyclic) bond motifs is 1. The molecule has 0 N–H and O–H groups in total. The van der Waals surface area contributed by atoms with Crippen LogP contribution in [0.5, 0.6) is 0 Å². The van der Waals surface area contributed by atoms with Gasteiger partial charge in [-0.25, -0.2) is 14.2 Å². The number of amides is 1. The van der Waals surface area contributed by atoms with Crippen molar-refractivity contribution in [2.45, 2.75) is 51.3 Å². The van der Waals surface area contributed by atoms with Crippen molar-refractivity contribution in [1.82, 2.24) is 9.97 Å². The van der Waals surface area contributed by atoms with Gasteiger partial charge in [0.25, 0.3) is 5.91 Å². The van der Waals surface area contributed by atoms with E-state index in [9.17, 15) is 9.00 Å². The Morgan fingerprint density at radius 1 is 1.14 bits per heavy atom. The van der Waals surface area contributed by atoms with Crippen molar-refractivity contribution in [3.63, 3.8) is 0 Å². The highest BCUT2D eigenvalue weighted by atomic mass is 32.2. The van der Waals surface area contributed by atoms with E-state index in [0.29, 0.717) is 44.1 Å². The Balaban J connectivity index is 1.70. The second-order valence-electron chi connectivity index (χ2n) is 11.0. The van der Waals surface area contributed by atoms with E-state index in [4.69, 9.17) is 14.7 Å². The van der Waals surface area contributed by atoms with Crippen LogP contribution in [-0.4, -0.2) is 52.1 Å². The third-order valence-electron chi connectivity index (χ3n) is 7.20. The van der Waals surface area contributed by atoms with Crippen molar-refractivity contribution in [3.05, 3.63) is 54.2 Å². The minimum absolute atomic E-state index is 0.148. The molecule has 7 nitrogen and oxygen atoms in total. The number of hydrogen-bond donors (Lipinski definition) is 0. The first kappa shape index (κ1) is 24.8. The van der Waals surface area contributed by atoms with Gasteiger partial charge in [0.1, 0.15) is 5.82 Å². The summed E-state index contributed by atoms with van der Waals surface area (Å²) in [6, 6.07) is 16.4. The van der Waals surface area contributed by atoms with Gasteiger partial charge in [0.2, 0.25) is 0 Å². The molecule has 36 heavy (non-hydrogen) atoms. The lowest BCUT2D eigenvalue weighted by atomic mass is 9.96. The summed E-state index contributed by atoms with van der Waals surface area (Å²) in [6.07, 6.45) is 2.96. The highest BCUT2D eigenvalue weighted by Gasteiger charge is 2.54. The molecule has 5 rings (SSSR count). The molecule has 8 heteroatoms. The number of nitrogens with zero attached hydrogens (tertiary/aromatic N) is 4. The lowest BCUT2D eigenvalue weighted by molar-refractivity contribution is -0.124. The summed E-state index contributed by atoms with van der Waals surface area (Å²) in [5, 5.41) is 2.17. The van der Waals surface area contributed by atoms with Crippen LogP contribution < -0.4 is 4.90 Å². The van der Waals surface area contributed by atoms with Gasteiger partial charge in [-0.05, 0) is 30.5 Å². The van der Waals surface area contributed by atoms with Crippen molar-refractivity contribution in [2.24, 2.45) is 9.78 Å². The summed E-state index contributed by atoms with van der Waals surface area (Å²) < 4.78 is 23.3. The van der Waals surface area contributed by atoms with Gasteiger partial charge in [-0.2, -0.15) is 4.36 Å². The number of benzene rings is 2. The van der Waals surface area contributed by atoms with Gasteiger partial charge >= 0.3 is 0 Å². The predicted octanol–water partition coefficient (Wildman–Crippen LogP) is 5.18. The van der Waals surface area contributed by atoms with Crippen LogP contribution in [0.1, 0.15) is 46.2 Å². The molecule has 0 radical (unpaired) electrons. The van der Waals surface area contributed by atoms with Gasteiger partial charge in [0.05, 0.1) is 39.4 Å². The number of rotatable bonds is 4. The quantitative estimate of drug-likeness (QED) is 0.485. The molecule has 1 saturated heterocycles. The number of ether oxygens (including phenoxy) is 1. The molecular formula is C28H34N4O3S. The van der Waals surface area contributed by atoms with Crippen LogP contribution in [-0.2, 0) is 24.0 Å². The first-order valence-corrected chi connectivity index (χ1v) is 14.4. The molecule has 0 spiro atoms.